The SMILES string of the molecule is COc1ccc(/C=C2\SC(=O)N(CC(=O)Nc3ncc(Cc4cccc(C(F)(F)F)c4)s3)C2=O)cc1. The number of anilines is 1. The second-order valence-electron chi connectivity index (χ2n) is 7.60. The molecule has 1 saturated heterocycles. The van der Waals surface area contributed by atoms with Crippen LogP contribution in [0.1, 0.15) is 21.6 Å². The topological polar surface area (TPSA) is 88.6 Å². The van der Waals surface area contributed by atoms with Gasteiger partial charge >= 0.3 is 6.18 Å². The lowest BCUT2D eigenvalue weighted by Gasteiger charge is -2.11. The maximum Gasteiger partial charge on any atom is 0.416 e. The lowest BCUT2D eigenvalue weighted by atomic mass is 10.1. The first kappa shape index (κ1) is 25.5. The molecular formula is C24H18F3N3O4S2. The molecule has 1 N–H and O–H groups in total. The summed E-state index contributed by atoms with van der Waals surface area (Å²) in [4.78, 5) is 43.2. The maximum absolute atomic E-state index is 12.9. The van der Waals surface area contributed by atoms with E-state index in [4.69, 9.17) is 4.74 Å². The third kappa shape index (κ3) is 6.13. The molecule has 0 unspecified atom stereocenters. The van der Waals surface area contributed by atoms with Crippen molar-refractivity contribution in [2.24, 2.45) is 0 Å². The lowest BCUT2D eigenvalue weighted by Crippen LogP contribution is -2.36. The maximum atomic E-state index is 12.9. The van der Waals surface area contributed by atoms with Gasteiger partial charge in [-0.25, -0.2) is 4.98 Å². The summed E-state index contributed by atoms with van der Waals surface area (Å²) < 4.78 is 43.8. The smallest absolute Gasteiger partial charge is 0.416 e. The van der Waals surface area contributed by atoms with Gasteiger partial charge in [-0.15, -0.1) is 11.3 Å². The average Bonchev–Trinajstić information content (AvgIpc) is 3.38. The molecule has 186 valence electrons. The minimum Gasteiger partial charge on any atom is -0.497 e. The zero-order valence-corrected chi connectivity index (χ0v) is 20.3. The minimum absolute atomic E-state index is 0.190. The number of thioether (sulfide) groups is 1. The number of methoxy groups -OCH3 is 1. The quantitative estimate of drug-likeness (QED) is 0.407. The molecule has 3 amide bonds. The van der Waals surface area contributed by atoms with Crippen LogP contribution in [0.15, 0.2) is 59.6 Å². The number of alkyl halides is 3. The highest BCUT2D eigenvalue weighted by Crippen LogP contribution is 2.33. The van der Waals surface area contributed by atoms with E-state index in [-0.39, 0.29) is 16.5 Å². The summed E-state index contributed by atoms with van der Waals surface area (Å²) in [6, 6.07) is 11.9. The molecule has 3 aromatic rings. The molecule has 0 saturated carbocycles. The molecule has 0 radical (unpaired) electrons. The second-order valence-corrected chi connectivity index (χ2v) is 9.70. The van der Waals surface area contributed by atoms with Crippen LogP contribution in [0.3, 0.4) is 0 Å². The number of aromatic nitrogens is 1. The van der Waals surface area contributed by atoms with Gasteiger partial charge in [-0.1, -0.05) is 30.3 Å². The van der Waals surface area contributed by atoms with Crippen molar-refractivity contribution in [2.75, 3.05) is 19.0 Å². The fourth-order valence-electron chi connectivity index (χ4n) is 3.30. The number of carbonyl (C=O) groups excluding carboxylic acids is 3. The number of carbonyl (C=O) groups is 3. The number of rotatable bonds is 7. The molecule has 2 heterocycles. The number of thiazole rings is 1. The van der Waals surface area contributed by atoms with Crippen LogP contribution in [0.5, 0.6) is 5.75 Å². The Labute approximate surface area is 212 Å². The normalized spacial score (nSPS) is 15.0. The van der Waals surface area contributed by atoms with Gasteiger partial charge in [0, 0.05) is 17.5 Å². The van der Waals surface area contributed by atoms with Gasteiger partial charge in [0.1, 0.15) is 12.3 Å². The van der Waals surface area contributed by atoms with Crippen LogP contribution in [0.4, 0.5) is 23.1 Å². The number of amides is 3. The number of nitrogens with one attached hydrogen (secondary N) is 1. The predicted octanol–water partition coefficient (Wildman–Crippen LogP) is 5.44. The summed E-state index contributed by atoms with van der Waals surface area (Å²) in [5.41, 5.74) is 0.408. The number of nitrogens with zero attached hydrogens (tertiary/aromatic N) is 2. The third-order valence-corrected chi connectivity index (χ3v) is 6.84. The van der Waals surface area contributed by atoms with E-state index in [0.29, 0.717) is 21.8 Å². The lowest BCUT2D eigenvalue weighted by molar-refractivity contribution is -0.137. The molecule has 1 fully saturated rings. The van der Waals surface area contributed by atoms with Crippen LogP contribution in [0.25, 0.3) is 6.08 Å². The van der Waals surface area contributed by atoms with E-state index < -0.39 is 35.3 Å². The van der Waals surface area contributed by atoms with Gasteiger partial charge in [0.15, 0.2) is 5.13 Å². The van der Waals surface area contributed by atoms with Crippen molar-refractivity contribution in [1.82, 2.24) is 9.88 Å². The molecule has 12 heteroatoms. The van der Waals surface area contributed by atoms with Crippen LogP contribution < -0.4 is 10.1 Å². The highest BCUT2D eigenvalue weighted by Gasteiger charge is 2.36. The number of hydrogen-bond donors (Lipinski definition) is 1. The number of halogens is 3. The highest BCUT2D eigenvalue weighted by molar-refractivity contribution is 8.18. The Hall–Kier alpha value is -3.64. The summed E-state index contributed by atoms with van der Waals surface area (Å²) in [5, 5.41) is 2.17. The molecule has 7 nitrogen and oxygen atoms in total. The number of hydrogen-bond acceptors (Lipinski definition) is 7. The Morgan fingerprint density at radius 2 is 1.92 bits per heavy atom. The van der Waals surface area contributed by atoms with Crippen molar-refractivity contribution in [2.45, 2.75) is 12.6 Å². The third-order valence-electron chi connectivity index (χ3n) is 5.02. The first-order valence-electron chi connectivity index (χ1n) is 10.4. The van der Waals surface area contributed by atoms with Gasteiger partial charge in [0.2, 0.25) is 5.91 Å². The Morgan fingerprint density at radius 1 is 1.17 bits per heavy atom. The van der Waals surface area contributed by atoms with E-state index in [1.165, 1.54) is 19.4 Å². The minimum atomic E-state index is -4.44. The standard InChI is InChI=1S/C24H18F3N3O4S2/c1-34-17-7-5-14(6-8-17)11-19-21(32)30(23(33)36-19)13-20(31)29-22-28-12-18(35-22)10-15-3-2-4-16(9-15)24(25,26)27/h2-9,11-12H,10,13H2,1H3,(H,28,29,31)/b19-11-. The molecule has 0 spiro atoms. The second kappa shape index (κ2) is 10.5. The zero-order valence-electron chi connectivity index (χ0n) is 18.7. The first-order valence-corrected chi connectivity index (χ1v) is 12.1. The summed E-state index contributed by atoms with van der Waals surface area (Å²) >= 11 is 1.83. The van der Waals surface area contributed by atoms with Crippen LogP contribution in [-0.2, 0) is 22.2 Å². The molecule has 36 heavy (non-hydrogen) atoms. The Balaban J connectivity index is 1.36. The average molecular weight is 534 g/mol. The van der Waals surface area contributed by atoms with Crippen LogP contribution >= 0.6 is 23.1 Å². The molecular weight excluding hydrogens is 515 g/mol. The van der Waals surface area contributed by atoms with Crippen LogP contribution in [-0.4, -0.2) is 40.6 Å². The van der Waals surface area contributed by atoms with Gasteiger partial charge in [0.25, 0.3) is 11.1 Å². The highest BCUT2D eigenvalue weighted by atomic mass is 32.2. The first-order chi connectivity index (χ1) is 17.1. The fourth-order valence-corrected chi connectivity index (χ4v) is 5.00. The van der Waals surface area contributed by atoms with Crippen LogP contribution in [0, 0.1) is 0 Å². The van der Waals surface area contributed by atoms with E-state index >= 15 is 0 Å². The van der Waals surface area contributed by atoms with Crippen molar-refractivity contribution >= 4 is 51.4 Å². The van der Waals surface area contributed by atoms with E-state index in [1.54, 1.807) is 36.4 Å². The number of benzene rings is 2. The van der Waals surface area contributed by atoms with E-state index in [0.717, 1.165) is 40.1 Å². The summed E-state index contributed by atoms with van der Waals surface area (Å²) in [5.74, 6) is -0.555. The largest absolute Gasteiger partial charge is 0.497 e. The molecule has 2 aromatic carbocycles. The molecule has 0 atom stereocenters. The number of imide groups is 1. The molecule has 1 aromatic heterocycles. The molecule has 1 aliphatic rings. The monoisotopic (exact) mass is 533 g/mol. The van der Waals surface area contributed by atoms with Crippen molar-refractivity contribution in [3.63, 3.8) is 0 Å². The zero-order chi connectivity index (χ0) is 25.9. The number of ether oxygens (including phenoxy) is 1. The van der Waals surface area contributed by atoms with Crippen molar-refractivity contribution < 1.29 is 32.3 Å². The van der Waals surface area contributed by atoms with Crippen molar-refractivity contribution in [3.8, 4) is 5.75 Å². The Bertz CT molecular complexity index is 1340. The van der Waals surface area contributed by atoms with Gasteiger partial charge in [0.05, 0.1) is 17.6 Å². The Morgan fingerprint density at radius 3 is 2.61 bits per heavy atom. The van der Waals surface area contributed by atoms with Gasteiger partial charge in [-0.05, 0) is 47.2 Å². The van der Waals surface area contributed by atoms with Gasteiger partial charge < -0.3 is 10.1 Å². The van der Waals surface area contributed by atoms with E-state index in [2.05, 4.69) is 10.3 Å². The summed E-state index contributed by atoms with van der Waals surface area (Å²) in [6.07, 6.45) is -1.21. The van der Waals surface area contributed by atoms with Crippen molar-refractivity contribution in [3.05, 3.63) is 81.2 Å². The Kier molecular flexibility index (Phi) is 7.45. The summed E-state index contributed by atoms with van der Waals surface area (Å²) in [7, 11) is 1.54. The van der Waals surface area contributed by atoms with Crippen LogP contribution in [0.2, 0.25) is 0 Å². The van der Waals surface area contributed by atoms with E-state index in [9.17, 15) is 27.6 Å². The fraction of sp³-hybridized carbons (Fsp3) is 0.167. The predicted molar refractivity (Wildman–Crippen MR) is 131 cm³/mol. The molecule has 0 bridgehead atoms. The van der Waals surface area contributed by atoms with Crippen molar-refractivity contribution in [1.29, 1.82) is 0 Å². The van der Waals surface area contributed by atoms with E-state index in [1.807, 2.05) is 0 Å². The van der Waals surface area contributed by atoms with Gasteiger partial charge in [-0.3, -0.25) is 19.3 Å². The molecule has 4 rings (SSSR count). The summed E-state index contributed by atoms with van der Waals surface area (Å²) in [6.45, 7) is -0.493. The molecule has 1 aliphatic heterocycles. The molecule has 0 aliphatic carbocycles. The van der Waals surface area contributed by atoms with Gasteiger partial charge in [-0.2, -0.15) is 13.2 Å².